The molecule has 1 amide bonds. The number of nitrogens with zero attached hydrogens (tertiary/aromatic N) is 2. The monoisotopic (exact) mass is 373 g/mol. The first-order valence-corrected chi connectivity index (χ1v) is 9.21. The average Bonchev–Trinajstić information content (AvgIpc) is 3.33. The number of hydrogen-bond donors (Lipinski definition) is 2. The van der Waals surface area contributed by atoms with Crippen molar-refractivity contribution in [2.45, 2.75) is 38.5 Å². The van der Waals surface area contributed by atoms with Gasteiger partial charge in [-0.1, -0.05) is 18.6 Å². The van der Waals surface area contributed by atoms with Crippen LogP contribution in [0.1, 0.15) is 37.8 Å². The Kier molecular flexibility index (Phi) is 5.58. The normalized spacial score (nSPS) is 14.7. The number of carboxylic acid groups (broad SMARTS) is 1. The second kappa shape index (κ2) is 7.90. The summed E-state index contributed by atoms with van der Waals surface area (Å²) in [5, 5.41) is 16.4. The Bertz CT molecular complexity index is 829. The predicted octanol–water partition coefficient (Wildman–Crippen LogP) is 3.25. The van der Waals surface area contributed by atoms with Crippen molar-refractivity contribution >= 4 is 11.9 Å². The molecule has 1 aliphatic rings. The van der Waals surface area contributed by atoms with E-state index in [0.717, 1.165) is 42.6 Å². The zero-order valence-electron chi connectivity index (χ0n) is 15.4. The molecule has 1 fully saturated rings. The highest BCUT2D eigenvalue weighted by atomic mass is 19.1. The van der Waals surface area contributed by atoms with Crippen molar-refractivity contribution in [2.24, 2.45) is 5.41 Å². The molecule has 27 heavy (non-hydrogen) atoms. The number of amides is 1. The summed E-state index contributed by atoms with van der Waals surface area (Å²) in [6.07, 6.45) is 4.38. The lowest BCUT2D eigenvalue weighted by atomic mass is 10.1. The van der Waals surface area contributed by atoms with Crippen LogP contribution in [0, 0.1) is 11.2 Å². The summed E-state index contributed by atoms with van der Waals surface area (Å²) in [5.41, 5.74) is 1.29. The van der Waals surface area contributed by atoms with Gasteiger partial charge in [-0.3, -0.25) is 14.7 Å². The van der Waals surface area contributed by atoms with E-state index < -0.39 is 11.4 Å². The first-order chi connectivity index (χ1) is 12.9. The van der Waals surface area contributed by atoms with E-state index in [2.05, 4.69) is 10.2 Å². The van der Waals surface area contributed by atoms with Crippen molar-refractivity contribution in [1.29, 1.82) is 0 Å². The lowest BCUT2D eigenvalue weighted by Crippen LogP contribution is -2.38. The maximum atomic E-state index is 13.3. The van der Waals surface area contributed by atoms with Gasteiger partial charge in [0, 0.05) is 24.8 Å². The number of benzene rings is 1. The number of hydrogen-bond acceptors (Lipinski definition) is 3. The molecule has 1 aromatic carbocycles. The molecule has 0 radical (unpaired) electrons. The second-order valence-corrected chi connectivity index (χ2v) is 7.21. The van der Waals surface area contributed by atoms with Gasteiger partial charge in [-0.05, 0) is 50.3 Å². The molecule has 7 heteroatoms. The Balaban J connectivity index is 1.40. The molecule has 0 spiro atoms. The minimum absolute atomic E-state index is 0.275. The number of halogens is 1. The fourth-order valence-corrected chi connectivity index (χ4v) is 3.24. The number of unbranched alkanes of at least 4 members (excludes halogenated alkanes) is 2. The molecule has 1 aromatic heterocycles. The summed E-state index contributed by atoms with van der Waals surface area (Å²) in [4.78, 5) is 25.0. The van der Waals surface area contributed by atoms with Gasteiger partial charge >= 0.3 is 5.97 Å². The Hall–Kier alpha value is -2.70. The van der Waals surface area contributed by atoms with Crippen LogP contribution in [0.15, 0.2) is 30.3 Å². The van der Waals surface area contributed by atoms with Crippen molar-refractivity contribution in [2.75, 3.05) is 13.6 Å². The number of carbonyl (C=O) groups excluding carboxylic acids is 1. The number of aromatic nitrogens is 2. The van der Waals surface area contributed by atoms with Crippen LogP contribution < -0.4 is 0 Å². The Morgan fingerprint density at radius 1 is 1.26 bits per heavy atom. The summed E-state index contributed by atoms with van der Waals surface area (Å²) in [6, 6.07) is 8.26. The van der Waals surface area contributed by atoms with E-state index in [-0.39, 0.29) is 11.7 Å². The molecular formula is C20H24FN3O3. The third-order valence-corrected chi connectivity index (χ3v) is 5.11. The van der Waals surface area contributed by atoms with Crippen molar-refractivity contribution in [3.63, 3.8) is 0 Å². The van der Waals surface area contributed by atoms with Crippen LogP contribution in [0.25, 0.3) is 11.3 Å². The molecular weight excluding hydrogens is 349 g/mol. The van der Waals surface area contributed by atoms with Gasteiger partial charge in [0.15, 0.2) is 0 Å². The maximum absolute atomic E-state index is 13.3. The van der Waals surface area contributed by atoms with E-state index in [9.17, 15) is 19.1 Å². The molecule has 2 aromatic rings. The molecule has 144 valence electrons. The van der Waals surface area contributed by atoms with E-state index in [1.165, 1.54) is 12.1 Å². The molecule has 0 unspecified atom stereocenters. The minimum Gasteiger partial charge on any atom is -0.480 e. The third-order valence-electron chi connectivity index (χ3n) is 5.11. The Labute approximate surface area is 157 Å². The van der Waals surface area contributed by atoms with Crippen LogP contribution in [0.4, 0.5) is 4.39 Å². The van der Waals surface area contributed by atoms with Gasteiger partial charge in [0.1, 0.15) is 11.2 Å². The van der Waals surface area contributed by atoms with Crippen LogP contribution in [0.3, 0.4) is 0 Å². The molecule has 1 saturated carbocycles. The van der Waals surface area contributed by atoms with E-state index in [4.69, 9.17) is 0 Å². The molecule has 3 rings (SSSR count). The quantitative estimate of drug-likeness (QED) is 0.522. The van der Waals surface area contributed by atoms with Crippen LogP contribution in [-0.2, 0) is 16.0 Å². The van der Waals surface area contributed by atoms with Gasteiger partial charge in [-0.25, -0.2) is 4.39 Å². The summed E-state index contributed by atoms with van der Waals surface area (Å²) in [5.74, 6) is -1.57. The van der Waals surface area contributed by atoms with Crippen molar-refractivity contribution in [3.05, 3.63) is 41.8 Å². The number of aliphatic carboxylic acids is 1. The highest BCUT2D eigenvalue weighted by Crippen LogP contribution is 2.47. The minimum atomic E-state index is -1.15. The smallest absolute Gasteiger partial charge is 0.319 e. The molecule has 0 saturated heterocycles. The van der Waals surface area contributed by atoms with Gasteiger partial charge in [0.05, 0.1) is 5.69 Å². The highest BCUT2D eigenvalue weighted by molar-refractivity contribution is 6.04. The lowest BCUT2D eigenvalue weighted by Gasteiger charge is -2.20. The number of aromatic amines is 1. The predicted molar refractivity (Wildman–Crippen MR) is 98.5 cm³/mol. The number of aryl methyl sites for hydroxylation is 1. The summed E-state index contributed by atoms with van der Waals surface area (Å²) >= 11 is 0. The maximum Gasteiger partial charge on any atom is 0.319 e. The number of carboxylic acids is 1. The number of carbonyl (C=O) groups is 2. The van der Waals surface area contributed by atoms with Gasteiger partial charge < -0.3 is 10.0 Å². The molecule has 0 bridgehead atoms. The molecule has 6 nitrogen and oxygen atoms in total. The first kappa shape index (κ1) is 19.1. The van der Waals surface area contributed by atoms with Crippen molar-refractivity contribution in [3.8, 4) is 11.3 Å². The van der Waals surface area contributed by atoms with Crippen molar-refractivity contribution < 1.29 is 19.1 Å². The lowest BCUT2D eigenvalue weighted by molar-refractivity contribution is -0.152. The number of rotatable bonds is 9. The van der Waals surface area contributed by atoms with E-state index in [0.29, 0.717) is 19.4 Å². The largest absolute Gasteiger partial charge is 0.480 e. The van der Waals surface area contributed by atoms with Crippen LogP contribution >= 0.6 is 0 Å². The Morgan fingerprint density at radius 3 is 2.70 bits per heavy atom. The van der Waals surface area contributed by atoms with Gasteiger partial charge in [-0.15, -0.1) is 0 Å². The standard InChI is InChI=1S/C20H24FN3O3/c1-24(18(25)20(9-10-20)19(26)27)11-4-2-3-8-16-13-17(23-22-16)14-6-5-7-15(21)12-14/h5-7,12-13H,2-4,8-11H2,1H3,(H,22,23)(H,26,27). The van der Waals surface area contributed by atoms with Gasteiger partial charge in [-0.2, -0.15) is 5.10 Å². The summed E-state index contributed by atoms with van der Waals surface area (Å²) in [6.45, 7) is 0.561. The molecule has 1 aliphatic carbocycles. The SMILES string of the molecule is CN(CCCCCc1cc(-c2cccc(F)c2)n[nH]1)C(=O)C1(C(=O)O)CC1. The summed E-state index contributed by atoms with van der Waals surface area (Å²) in [7, 11) is 1.67. The van der Waals surface area contributed by atoms with Gasteiger partial charge in [0.25, 0.3) is 0 Å². The second-order valence-electron chi connectivity index (χ2n) is 7.21. The highest BCUT2D eigenvalue weighted by Gasteiger charge is 2.58. The fraction of sp³-hybridized carbons (Fsp3) is 0.450. The number of nitrogens with one attached hydrogen (secondary N) is 1. The first-order valence-electron chi connectivity index (χ1n) is 9.21. The van der Waals surface area contributed by atoms with Gasteiger partial charge in [0.2, 0.25) is 5.91 Å². The topological polar surface area (TPSA) is 86.3 Å². The van der Waals surface area contributed by atoms with Crippen molar-refractivity contribution in [1.82, 2.24) is 15.1 Å². The Morgan fingerprint density at radius 2 is 2.04 bits per heavy atom. The van der Waals surface area contributed by atoms with E-state index in [1.807, 2.05) is 12.1 Å². The van der Waals surface area contributed by atoms with Crippen LogP contribution in [-0.4, -0.2) is 45.7 Å². The molecule has 2 N–H and O–H groups in total. The average molecular weight is 373 g/mol. The third kappa shape index (κ3) is 4.35. The van der Waals surface area contributed by atoms with Crippen LogP contribution in [0.5, 0.6) is 0 Å². The summed E-state index contributed by atoms with van der Waals surface area (Å²) < 4.78 is 13.3. The molecule has 0 aliphatic heterocycles. The zero-order chi connectivity index (χ0) is 19.4. The zero-order valence-corrected chi connectivity index (χ0v) is 15.4. The fourth-order valence-electron chi connectivity index (χ4n) is 3.24. The van der Waals surface area contributed by atoms with E-state index >= 15 is 0 Å². The number of H-pyrrole nitrogens is 1. The van der Waals surface area contributed by atoms with E-state index in [1.54, 1.807) is 18.0 Å². The molecule has 1 heterocycles. The molecule has 0 atom stereocenters. The van der Waals surface area contributed by atoms with Crippen LogP contribution in [0.2, 0.25) is 0 Å².